The highest BCUT2D eigenvalue weighted by Gasteiger charge is 2.42. The zero-order valence-corrected chi connectivity index (χ0v) is 25.3. The highest BCUT2D eigenvalue weighted by atomic mass is 31.1. The molecule has 0 aliphatic carbocycles. The van der Waals surface area contributed by atoms with Gasteiger partial charge in [0.25, 0.3) is 0 Å². The van der Waals surface area contributed by atoms with Gasteiger partial charge < -0.3 is 11.6 Å². The molecule has 0 radical (unpaired) electrons. The second kappa shape index (κ2) is 8.78. The van der Waals surface area contributed by atoms with E-state index in [1.807, 2.05) is 0 Å². The Bertz CT molecular complexity index is 403. The molecule has 0 heterocycles. The average molecular weight is 449 g/mol. The summed E-state index contributed by atoms with van der Waals surface area (Å²) >= 11 is 0. The van der Waals surface area contributed by atoms with Crippen LogP contribution in [0.5, 0.6) is 0 Å². The van der Waals surface area contributed by atoms with Gasteiger partial charge in [0.1, 0.15) is 16.5 Å². The van der Waals surface area contributed by atoms with Crippen LogP contribution in [0.25, 0.3) is 0 Å². The number of hydrogen-bond acceptors (Lipinski definition) is 1. The number of rotatable bonds is 7. The molecule has 27 heavy (non-hydrogen) atoms. The maximum Gasteiger partial charge on any atom is 0.117 e. The second-order valence-corrected chi connectivity index (χ2v) is 31.4. The molecule has 0 bridgehead atoms. The fourth-order valence-electron chi connectivity index (χ4n) is 4.63. The Labute approximate surface area is 178 Å². The third kappa shape index (κ3) is 10.2. The van der Waals surface area contributed by atoms with E-state index < -0.39 is 16.5 Å². The van der Waals surface area contributed by atoms with Crippen molar-refractivity contribution in [1.29, 1.82) is 0 Å². The predicted octanol–water partition coefficient (Wildman–Crippen LogP) is 8.04. The van der Waals surface area contributed by atoms with Crippen molar-refractivity contribution < 1.29 is 0 Å². The second-order valence-electron chi connectivity index (χ2n) is 13.4. The summed E-state index contributed by atoms with van der Waals surface area (Å²) in [5, 5.41) is 1.37. The zero-order valence-electron chi connectivity index (χ0n) is 21.5. The molecule has 0 rings (SSSR count). The minimum atomic E-state index is -1.50. The van der Waals surface area contributed by atoms with Crippen LogP contribution in [0.15, 0.2) is 0 Å². The third-order valence-corrected chi connectivity index (χ3v) is 25.5. The van der Waals surface area contributed by atoms with Crippen molar-refractivity contribution in [3.8, 4) is 0 Å². The third-order valence-electron chi connectivity index (χ3n) is 4.94. The standard InChI is InChI=1S/C22H52NP2Si2/c1-19(2,3)24(20(4,5)6)17-26(13,14)23-27(15,16)18-25(21(7,8)9)22(10,11)12/h23H,1,17-18H2,2-16H3/q-1. The lowest BCUT2D eigenvalue weighted by Gasteiger charge is -2.51. The molecule has 1 atom stereocenters. The van der Waals surface area contributed by atoms with Gasteiger partial charge in [0.05, 0.1) is 0 Å². The Hall–Kier alpha value is 1.25. The molecule has 5 heteroatoms. The van der Waals surface area contributed by atoms with E-state index in [-0.39, 0.29) is 21.0 Å². The maximum atomic E-state index is 4.57. The van der Waals surface area contributed by atoms with Gasteiger partial charge in [-0.25, -0.2) is 0 Å². The SMILES string of the molecule is [CH2-]C(C)(C)P(C[Si](C)(C)N[Si](C)(C)CP(C(C)(C)C)C(C)(C)C)C(C)(C)C. The Morgan fingerprint density at radius 2 is 0.852 bits per heavy atom. The summed E-state index contributed by atoms with van der Waals surface area (Å²) in [5.74, 6) is 2.80. The molecule has 0 aromatic carbocycles. The minimum Gasteiger partial charge on any atom is -0.359 e. The van der Waals surface area contributed by atoms with Gasteiger partial charge in [-0.1, -0.05) is 110 Å². The van der Waals surface area contributed by atoms with E-state index in [0.717, 1.165) is 0 Å². The van der Waals surface area contributed by atoms with E-state index in [9.17, 15) is 0 Å². The molecule has 1 unspecified atom stereocenters. The normalized spacial score (nSPS) is 16.8. The van der Waals surface area contributed by atoms with E-state index in [1.165, 1.54) is 11.6 Å². The van der Waals surface area contributed by atoms with Crippen molar-refractivity contribution in [3.63, 3.8) is 0 Å². The molecule has 0 aliphatic heterocycles. The fourth-order valence-corrected chi connectivity index (χ4v) is 31.6. The van der Waals surface area contributed by atoms with Crippen molar-refractivity contribution in [2.24, 2.45) is 0 Å². The van der Waals surface area contributed by atoms with Crippen LogP contribution in [-0.2, 0) is 0 Å². The maximum absolute atomic E-state index is 4.57. The number of nitrogens with one attached hydrogen (secondary N) is 1. The van der Waals surface area contributed by atoms with E-state index >= 15 is 0 Å². The first-order valence-corrected chi connectivity index (χ1v) is 20.1. The minimum absolute atomic E-state index is 0.0349. The van der Waals surface area contributed by atoms with Crippen molar-refractivity contribution in [2.45, 2.75) is 123 Å². The van der Waals surface area contributed by atoms with Crippen LogP contribution < -0.4 is 4.65 Å². The summed E-state index contributed by atoms with van der Waals surface area (Å²) in [5.41, 5.74) is 0. The Morgan fingerprint density at radius 1 is 0.593 bits per heavy atom. The molecule has 0 saturated heterocycles. The van der Waals surface area contributed by atoms with Gasteiger partial charge in [-0.15, -0.1) is 13.1 Å². The van der Waals surface area contributed by atoms with Gasteiger partial charge in [-0.05, 0) is 27.0 Å². The Kier molecular flexibility index (Phi) is 9.19. The molecule has 1 nitrogen and oxygen atoms in total. The Balaban J connectivity index is 5.51. The Morgan fingerprint density at radius 3 is 1.07 bits per heavy atom. The first-order chi connectivity index (χ1) is 11.4. The monoisotopic (exact) mass is 448 g/mol. The number of hydrogen-bond donors (Lipinski definition) is 1. The molecule has 0 aliphatic rings. The van der Waals surface area contributed by atoms with E-state index in [2.05, 4.69) is 114 Å². The summed E-state index contributed by atoms with van der Waals surface area (Å²) in [6, 6.07) is 0. The summed E-state index contributed by atoms with van der Waals surface area (Å²) < 4.78 is 4.36. The van der Waals surface area contributed by atoms with E-state index in [0.29, 0.717) is 15.5 Å². The van der Waals surface area contributed by atoms with Crippen molar-refractivity contribution in [3.05, 3.63) is 6.92 Å². The molecule has 0 spiro atoms. The smallest absolute Gasteiger partial charge is 0.117 e. The van der Waals surface area contributed by atoms with Crippen molar-refractivity contribution >= 4 is 32.3 Å². The van der Waals surface area contributed by atoms with Gasteiger partial charge >= 0.3 is 0 Å². The van der Waals surface area contributed by atoms with E-state index in [1.54, 1.807) is 0 Å². The summed E-state index contributed by atoms with van der Waals surface area (Å²) in [7, 11) is -3.14. The lowest BCUT2D eigenvalue weighted by molar-refractivity contribution is 0.708. The van der Waals surface area contributed by atoms with Crippen LogP contribution in [0.2, 0.25) is 26.2 Å². The van der Waals surface area contributed by atoms with Crippen LogP contribution in [0, 0.1) is 6.92 Å². The van der Waals surface area contributed by atoms with Gasteiger partial charge in [0.15, 0.2) is 0 Å². The first-order valence-electron chi connectivity index (χ1n) is 10.6. The van der Waals surface area contributed by atoms with Crippen LogP contribution in [0.4, 0.5) is 0 Å². The quantitative estimate of drug-likeness (QED) is 0.236. The lowest BCUT2D eigenvalue weighted by atomic mass is 10.2. The summed E-state index contributed by atoms with van der Waals surface area (Å²) in [6.07, 6.45) is 0. The molecule has 0 saturated carbocycles. The predicted molar refractivity (Wildman–Crippen MR) is 140 cm³/mol. The van der Waals surface area contributed by atoms with Crippen LogP contribution >= 0.6 is 15.8 Å². The van der Waals surface area contributed by atoms with Gasteiger partial charge in [-0.3, -0.25) is 0 Å². The largest absolute Gasteiger partial charge is 0.359 e. The van der Waals surface area contributed by atoms with Crippen LogP contribution in [0.3, 0.4) is 0 Å². The highest BCUT2D eigenvalue weighted by Crippen LogP contribution is 2.61. The highest BCUT2D eigenvalue weighted by molar-refractivity contribution is 7.64. The van der Waals surface area contributed by atoms with Crippen molar-refractivity contribution in [1.82, 2.24) is 4.65 Å². The molecule has 0 aromatic heterocycles. The van der Waals surface area contributed by atoms with Crippen LogP contribution in [-0.4, -0.2) is 48.7 Å². The van der Waals surface area contributed by atoms with Gasteiger partial charge in [0.2, 0.25) is 0 Å². The summed E-state index contributed by atoms with van der Waals surface area (Å²) in [4.78, 5) is 0. The van der Waals surface area contributed by atoms with Crippen molar-refractivity contribution in [2.75, 3.05) is 11.6 Å². The molecule has 0 fully saturated rings. The topological polar surface area (TPSA) is 12.0 Å². The molecular formula is C22H52NP2Si2-. The van der Waals surface area contributed by atoms with Crippen LogP contribution in [0.1, 0.15) is 76.2 Å². The molecule has 0 aromatic rings. The molecule has 0 amide bonds. The molecular weight excluding hydrogens is 396 g/mol. The van der Waals surface area contributed by atoms with Gasteiger partial charge in [-0.2, -0.15) is 0 Å². The lowest BCUT2D eigenvalue weighted by Crippen LogP contribution is -2.63. The van der Waals surface area contributed by atoms with Gasteiger partial charge in [0, 0.05) is 0 Å². The van der Waals surface area contributed by atoms with E-state index in [4.69, 9.17) is 0 Å². The molecule has 164 valence electrons. The summed E-state index contributed by atoms with van der Waals surface area (Å²) in [6.45, 7) is 41.6. The zero-order chi connectivity index (χ0) is 22.3. The molecule has 1 N–H and O–H groups in total. The first kappa shape index (κ1) is 28.3. The fraction of sp³-hybridized carbons (Fsp3) is 0.955. The average Bonchev–Trinajstić information content (AvgIpc) is 2.26.